The van der Waals surface area contributed by atoms with Crippen molar-refractivity contribution in [3.05, 3.63) is 29.8 Å². The number of aromatic hydroxyl groups is 1. The number of rotatable bonds is 9. The zero-order chi connectivity index (χ0) is 24.0. The van der Waals surface area contributed by atoms with E-state index in [9.17, 15) is 29.4 Å². The molecule has 1 aliphatic heterocycles. The van der Waals surface area contributed by atoms with Crippen molar-refractivity contribution in [1.82, 2.24) is 15.5 Å². The topological polar surface area (TPSA) is 162 Å². The van der Waals surface area contributed by atoms with Crippen molar-refractivity contribution in [3.63, 3.8) is 0 Å². The van der Waals surface area contributed by atoms with Crippen molar-refractivity contribution < 1.29 is 29.4 Å². The number of nitrogens with two attached hydrogens (primary N) is 1. The van der Waals surface area contributed by atoms with Crippen LogP contribution in [0.4, 0.5) is 0 Å². The Bertz CT molecular complexity index is 839. The van der Waals surface area contributed by atoms with E-state index in [1.165, 1.54) is 17.0 Å². The van der Waals surface area contributed by atoms with Gasteiger partial charge in [-0.15, -0.1) is 0 Å². The van der Waals surface area contributed by atoms with Crippen LogP contribution in [0, 0.1) is 5.92 Å². The minimum Gasteiger partial charge on any atom is -0.508 e. The van der Waals surface area contributed by atoms with Crippen LogP contribution in [-0.4, -0.2) is 69.5 Å². The smallest absolute Gasteiger partial charge is 0.326 e. The summed E-state index contributed by atoms with van der Waals surface area (Å²) in [5.41, 5.74) is 6.35. The van der Waals surface area contributed by atoms with E-state index in [-0.39, 0.29) is 24.0 Å². The molecule has 10 heteroatoms. The molecule has 1 aromatic rings. The number of hydrogen-bond donors (Lipinski definition) is 5. The Hall–Kier alpha value is -3.14. The third-order valence-corrected chi connectivity index (χ3v) is 5.47. The summed E-state index contributed by atoms with van der Waals surface area (Å²) in [6, 6.07) is 2.46. The highest BCUT2D eigenvalue weighted by molar-refractivity contribution is 5.94. The summed E-state index contributed by atoms with van der Waals surface area (Å²) in [5, 5.41) is 24.1. The highest BCUT2D eigenvalue weighted by Gasteiger charge is 2.37. The van der Waals surface area contributed by atoms with Crippen LogP contribution in [0.25, 0.3) is 0 Å². The molecule has 3 amide bonds. The zero-order valence-electron chi connectivity index (χ0n) is 18.6. The molecule has 0 radical (unpaired) electrons. The number of nitrogens with zero attached hydrogens (tertiary/aromatic N) is 1. The number of aliphatic carboxylic acids is 1. The maximum atomic E-state index is 13.0. The molecule has 1 fully saturated rings. The van der Waals surface area contributed by atoms with Crippen LogP contribution < -0.4 is 16.4 Å². The molecule has 2 rings (SSSR count). The van der Waals surface area contributed by atoms with Crippen LogP contribution in [0.3, 0.4) is 0 Å². The second-order valence-electron chi connectivity index (χ2n) is 8.48. The molecule has 1 saturated heterocycles. The average molecular weight is 449 g/mol. The third kappa shape index (κ3) is 6.43. The van der Waals surface area contributed by atoms with Gasteiger partial charge < -0.3 is 31.5 Å². The van der Waals surface area contributed by atoms with Gasteiger partial charge >= 0.3 is 5.97 Å². The number of amides is 3. The Labute approximate surface area is 187 Å². The number of phenols is 1. The Morgan fingerprint density at radius 2 is 1.75 bits per heavy atom. The van der Waals surface area contributed by atoms with Crippen LogP contribution in [0.1, 0.15) is 39.2 Å². The van der Waals surface area contributed by atoms with Gasteiger partial charge in [-0.2, -0.15) is 0 Å². The van der Waals surface area contributed by atoms with Gasteiger partial charge in [-0.1, -0.05) is 26.0 Å². The first kappa shape index (κ1) is 25.1. The van der Waals surface area contributed by atoms with Gasteiger partial charge in [0.25, 0.3) is 0 Å². The fourth-order valence-corrected chi connectivity index (χ4v) is 3.68. The molecule has 0 aliphatic carbocycles. The first-order valence-corrected chi connectivity index (χ1v) is 10.7. The minimum atomic E-state index is -1.17. The molecule has 0 spiro atoms. The highest BCUT2D eigenvalue weighted by Crippen LogP contribution is 2.19. The van der Waals surface area contributed by atoms with E-state index in [1.807, 2.05) is 0 Å². The lowest BCUT2D eigenvalue weighted by molar-refractivity contribution is -0.144. The number of phenolic OH excluding ortho intramolecular Hbond substituents is 1. The zero-order valence-corrected chi connectivity index (χ0v) is 18.6. The Morgan fingerprint density at radius 1 is 1.12 bits per heavy atom. The third-order valence-electron chi connectivity index (χ3n) is 5.47. The summed E-state index contributed by atoms with van der Waals surface area (Å²) in [6.45, 7) is 5.29. The average Bonchev–Trinajstić information content (AvgIpc) is 3.21. The van der Waals surface area contributed by atoms with Gasteiger partial charge in [0.05, 0.1) is 6.04 Å². The number of nitrogens with one attached hydrogen (secondary N) is 2. The normalized spacial score (nSPS) is 18.7. The quantitative estimate of drug-likeness (QED) is 0.355. The summed E-state index contributed by atoms with van der Waals surface area (Å²) in [7, 11) is 0. The summed E-state index contributed by atoms with van der Waals surface area (Å²) < 4.78 is 0. The Balaban J connectivity index is 2.22. The molecule has 0 bridgehead atoms. The number of carboxylic acid groups (broad SMARTS) is 1. The van der Waals surface area contributed by atoms with Gasteiger partial charge in [0.1, 0.15) is 23.9 Å². The number of likely N-dealkylation sites (tertiary alicyclic amines) is 1. The summed E-state index contributed by atoms with van der Waals surface area (Å²) in [5.74, 6) is -2.96. The fraction of sp³-hybridized carbons (Fsp3) is 0.545. The lowest BCUT2D eigenvalue weighted by atomic mass is 10.0. The van der Waals surface area contributed by atoms with E-state index >= 15 is 0 Å². The largest absolute Gasteiger partial charge is 0.508 e. The van der Waals surface area contributed by atoms with Crippen molar-refractivity contribution in [2.75, 3.05) is 6.54 Å². The standard InChI is InChI=1S/C22H32N4O6/c1-12(2)18(22(31)32)25-19(28)16(11-14-6-8-15(27)9-7-14)24-20(29)17-5-4-10-26(17)21(30)13(3)23/h6-9,12-13,16-18,27H,4-5,10-11,23H2,1-3H3,(H,24,29)(H,25,28)(H,31,32). The Kier molecular flexibility index (Phi) is 8.59. The second kappa shape index (κ2) is 10.9. The fourth-order valence-electron chi connectivity index (χ4n) is 3.68. The van der Waals surface area contributed by atoms with Crippen molar-refractivity contribution in [2.24, 2.45) is 11.7 Å². The molecule has 0 saturated carbocycles. The molecule has 4 unspecified atom stereocenters. The molecule has 6 N–H and O–H groups in total. The van der Waals surface area contributed by atoms with E-state index in [2.05, 4.69) is 10.6 Å². The maximum absolute atomic E-state index is 13.0. The first-order chi connectivity index (χ1) is 15.0. The molecule has 10 nitrogen and oxygen atoms in total. The van der Waals surface area contributed by atoms with Crippen LogP contribution in [0.15, 0.2) is 24.3 Å². The minimum absolute atomic E-state index is 0.0561. The summed E-state index contributed by atoms with van der Waals surface area (Å²) in [4.78, 5) is 51.3. The predicted molar refractivity (Wildman–Crippen MR) is 117 cm³/mol. The van der Waals surface area contributed by atoms with Gasteiger partial charge in [-0.05, 0) is 43.4 Å². The van der Waals surface area contributed by atoms with Crippen LogP contribution >= 0.6 is 0 Å². The van der Waals surface area contributed by atoms with Crippen molar-refractivity contribution in [2.45, 2.75) is 64.2 Å². The lowest BCUT2D eigenvalue weighted by Crippen LogP contribution is -2.57. The molecule has 4 atom stereocenters. The number of hydrogen-bond acceptors (Lipinski definition) is 6. The van der Waals surface area contributed by atoms with Gasteiger partial charge in [0.2, 0.25) is 17.7 Å². The number of benzene rings is 1. The molecule has 1 heterocycles. The molecule has 1 aromatic carbocycles. The molecule has 176 valence electrons. The van der Waals surface area contributed by atoms with Crippen molar-refractivity contribution in [1.29, 1.82) is 0 Å². The van der Waals surface area contributed by atoms with E-state index in [1.54, 1.807) is 32.9 Å². The van der Waals surface area contributed by atoms with E-state index in [0.29, 0.717) is 24.9 Å². The maximum Gasteiger partial charge on any atom is 0.326 e. The van der Waals surface area contributed by atoms with Gasteiger partial charge in [-0.3, -0.25) is 14.4 Å². The molecule has 0 aromatic heterocycles. The number of carboxylic acids is 1. The van der Waals surface area contributed by atoms with Gasteiger partial charge in [0.15, 0.2) is 0 Å². The highest BCUT2D eigenvalue weighted by atomic mass is 16.4. The summed E-state index contributed by atoms with van der Waals surface area (Å²) in [6.07, 6.45) is 1.16. The van der Waals surface area contributed by atoms with E-state index in [0.717, 1.165) is 0 Å². The SMILES string of the molecule is CC(N)C(=O)N1CCCC1C(=O)NC(Cc1ccc(O)cc1)C(=O)NC(C(=O)O)C(C)C. The van der Waals surface area contributed by atoms with Crippen LogP contribution in [0.5, 0.6) is 5.75 Å². The van der Waals surface area contributed by atoms with Crippen molar-refractivity contribution in [3.8, 4) is 5.75 Å². The van der Waals surface area contributed by atoms with E-state index in [4.69, 9.17) is 5.73 Å². The molecule has 32 heavy (non-hydrogen) atoms. The second-order valence-corrected chi connectivity index (χ2v) is 8.48. The first-order valence-electron chi connectivity index (χ1n) is 10.7. The van der Waals surface area contributed by atoms with Crippen LogP contribution in [-0.2, 0) is 25.6 Å². The number of carbonyl (C=O) groups is 4. The molecular weight excluding hydrogens is 416 g/mol. The van der Waals surface area contributed by atoms with Crippen molar-refractivity contribution >= 4 is 23.7 Å². The summed E-state index contributed by atoms with van der Waals surface area (Å²) >= 11 is 0. The van der Waals surface area contributed by atoms with Gasteiger partial charge in [-0.25, -0.2) is 4.79 Å². The monoisotopic (exact) mass is 448 g/mol. The number of carbonyl (C=O) groups excluding carboxylic acids is 3. The Morgan fingerprint density at radius 3 is 2.28 bits per heavy atom. The van der Waals surface area contributed by atoms with Gasteiger partial charge in [0, 0.05) is 13.0 Å². The molecular formula is C22H32N4O6. The lowest BCUT2D eigenvalue weighted by Gasteiger charge is -2.28. The predicted octanol–water partition coefficient (Wildman–Crippen LogP) is -0.0169. The van der Waals surface area contributed by atoms with Crippen LogP contribution in [0.2, 0.25) is 0 Å². The van der Waals surface area contributed by atoms with E-state index < -0.39 is 42.0 Å². The molecule has 1 aliphatic rings.